The second-order valence-corrected chi connectivity index (χ2v) is 5.71. The Bertz CT molecular complexity index is 894. The number of anilines is 1. The van der Waals surface area contributed by atoms with Crippen LogP contribution in [0.1, 0.15) is 12.3 Å². The maximum atomic E-state index is 13.1. The van der Waals surface area contributed by atoms with Crippen molar-refractivity contribution in [2.24, 2.45) is 0 Å². The number of oxazole rings is 1. The van der Waals surface area contributed by atoms with Gasteiger partial charge in [-0.2, -0.15) is 0 Å². The van der Waals surface area contributed by atoms with E-state index in [1.54, 1.807) is 12.1 Å². The summed E-state index contributed by atoms with van der Waals surface area (Å²) in [6.45, 7) is 0. The first-order chi connectivity index (χ1) is 12.0. The van der Waals surface area contributed by atoms with Gasteiger partial charge in [-0.25, -0.2) is 13.8 Å². The number of rotatable bonds is 5. The smallest absolute Gasteiger partial charge is 0.224 e. The molecule has 0 aliphatic heterocycles. The fourth-order valence-electron chi connectivity index (χ4n) is 2.19. The highest BCUT2D eigenvalue weighted by atomic mass is 35.5. The quantitative estimate of drug-likeness (QED) is 0.706. The van der Waals surface area contributed by atoms with E-state index in [4.69, 9.17) is 16.0 Å². The molecule has 4 nitrogen and oxygen atoms in total. The summed E-state index contributed by atoms with van der Waals surface area (Å²) in [5.41, 5.74) is 1.11. The lowest BCUT2D eigenvalue weighted by atomic mass is 10.2. The van der Waals surface area contributed by atoms with Crippen LogP contribution in [-0.2, 0) is 11.2 Å². The Labute approximate surface area is 147 Å². The highest BCUT2D eigenvalue weighted by Gasteiger charge is 2.10. The highest BCUT2D eigenvalue weighted by molar-refractivity contribution is 6.31. The molecule has 0 aliphatic rings. The predicted molar refractivity (Wildman–Crippen MR) is 90.3 cm³/mol. The number of aryl methyl sites for hydroxylation is 1. The van der Waals surface area contributed by atoms with Gasteiger partial charge in [0.25, 0.3) is 0 Å². The van der Waals surface area contributed by atoms with Gasteiger partial charge in [-0.3, -0.25) is 4.79 Å². The van der Waals surface area contributed by atoms with Crippen LogP contribution in [0.15, 0.2) is 53.1 Å². The number of nitrogens with one attached hydrogen (secondary N) is 1. The van der Waals surface area contributed by atoms with Crippen LogP contribution in [0.3, 0.4) is 0 Å². The first-order valence-corrected chi connectivity index (χ1v) is 7.84. The molecule has 7 heteroatoms. The van der Waals surface area contributed by atoms with Crippen molar-refractivity contribution in [3.8, 4) is 11.3 Å². The average Bonchev–Trinajstić information content (AvgIpc) is 3.06. The Kier molecular flexibility index (Phi) is 5.09. The SMILES string of the molecule is O=C(CCc1ncc(-c2ccc(F)cc2)o1)Nc1ccc(F)c(Cl)c1. The van der Waals surface area contributed by atoms with E-state index in [2.05, 4.69) is 10.3 Å². The van der Waals surface area contributed by atoms with Crippen molar-refractivity contribution < 1.29 is 18.0 Å². The van der Waals surface area contributed by atoms with E-state index in [9.17, 15) is 13.6 Å². The molecule has 0 aliphatic carbocycles. The largest absolute Gasteiger partial charge is 0.441 e. The van der Waals surface area contributed by atoms with Crippen molar-refractivity contribution >= 4 is 23.2 Å². The number of carbonyl (C=O) groups excluding carboxylic acids is 1. The van der Waals surface area contributed by atoms with Gasteiger partial charge in [0.05, 0.1) is 11.2 Å². The summed E-state index contributed by atoms with van der Waals surface area (Å²) < 4.78 is 31.6. The van der Waals surface area contributed by atoms with Crippen LogP contribution >= 0.6 is 11.6 Å². The molecule has 3 rings (SSSR count). The van der Waals surface area contributed by atoms with Gasteiger partial charge in [-0.05, 0) is 42.5 Å². The summed E-state index contributed by atoms with van der Waals surface area (Å²) in [6, 6.07) is 9.79. The number of nitrogens with zero attached hydrogens (tertiary/aromatic N) is 1. The third-order valence-corrected chi connectivity index (χ3v) is 3.74. The molecular weight excluding hydrogens is 350 g/mol. The molecule has 1 heterocycles. The maximum Gasteiger partial charge on any atom is 0.224 e. The summed E-state index contributed by atoms with van der Waals surface area (Å²) in [4.78, 5) is 16.0. The van der Waals surface area contributed by atoms with Crippen LogP contribution in [0.2, 0.25) is 5.02 Å². The van der Waals surface area contributed by atoms with Gasteiger partial charge in [-0.15, -0.1) is 0 Å². The lowest BCUT2D eigenvalue weighted by molar-refractivity contribution is -0.116. The molecular formula is C18H13ClF2N2O2. The Balaban J connectivity index is 1.57. The topological polar surface area (TPSA) is 55.1 Å². The minimum Gasteiger partial charge on any atom is -0.441 e. The Morgan fingerprint density at radius 2 is 1.92 bits per heavy atom. The monoisotopic (exact) mass is 362 g/mol. The van der Waals surface area contributed by atoms with Crippen LogP contribution in [0.4, 0.5) is 14.5 Å². The maximum absolute atomic E-state index is 13.1. The first kappa shape index (κ1) is 17.1. The minimum absolute atomic E-state index is 0.0607. The van der Waals surface area contributed by atoms with Gasteiger partial charge in [0, 0.05) is 24.1 Å². The van der Waals surface area contributed by atoms with Crippen LogP contribution in [0, 0.1) is 11.6 Å². The van der Waals surface area contributed by atoms with Gasteiger partial charge in [0.15, 0.2) is 11.7 Å². The van der Waals surface area contributed by atoms with E-state index in [0.717, 1.165) is 0 Å². The fraction of sp³-hybridized carbons (Fsp3) is 0.111. The van der Waals surface area contributed by atoms with Crippen molar-refractivity contribution in [1.82, 2.24) is 4.98 Å². The number of hydrogen-bond donors (Lipinski definition) is 1. The molecule has 0 radical (unpaired) electrons. The molecule has 0 fully saturated rings. The van der Waals surface area contributed by atoms with Crippen LogP contribution in [-0.4, -0.2) is 10.9 Å². The third-order valence-electron chi connectivity index (χ3n) is 3.45. The molecule has 0 saturated carbocycles. The van der Waals surface area contributed by atoms with E-state index < -0.39 is 5.82 Å². The summed E-state index contributed by atoms with van der Waals surface area (Å²) in [5, 5.41) is 2.56. The molecule has 3 aromatic rings. The van der Waals surface area contributed by atoms with Crippen LogP contribution < -0.4 is 5.32 Å². The second-order valence-electron chi connectivity index (χ2n) is 5.30. The van der Waals surface area contributed by atoms with Crippen LogP contribution in [0.25, 0.3) is 11.3 Å². The molecule has 1 N–H and O–H groups in total. The normalized spacial score (nSPS) is 10.7. The van der Waals surface area contributed by atoms with E-state index >= 15 is 0 Å². The summed E-state index contributed by atoms with van der Waals surface area (Å²) in [7, 11) is 0. The zero-order chi connectivity index (χ0) is 17.8. The number of benzene rings is 2. The van der Waals surface area contributed by atoms with Gasteiger partial charge >= 0.3 is 0 Å². The van der Waals surface area contributed by atoms with Gasteiger partial charge in [0.2, 0.25) is 5.91 Å². The van der Waals surface area contributed by atoms with Crippen molar-refractivity contribution in [3.63, 3.8) is 0 Å². The van der Waals surface area contributed by atoms with Gasteiger partial charge in [0.1, 0.15) is 11.6 Å². The first-order valence-electron chi connectivity index (χ1n) is 7.47. The number of halogens is 3. The number of hydrogen-bond acceptors (Lipinski definition) is 3. The second kappa shape index (κ2) is 7.44. The van der Waals surface area contributed by atoms with Crippen molar-refractivity contribution in [3.05, 3.63) is 71.2 Å². The lowest BCUT2D eigenvalue weighted by Gasteiger charge is -2.05. The third kappa shape index (κ3) is 4.42. The number of carbonyl (C=O) groups is 1. The predicted octanol–water partition coefficient (Wildman–Crippen LogP) is 4.84. The summed E-state index contributed by atoms with van der Waals surface area (Å²) >= 11 is 5.67. The van der Waals surface area contributed by atoms with E-state index in [1.165, 1.54) is 36.5 Å². The molecule has 0 bridgehead atoms. The van der Waals surface area contributed by atoms with Crippen molar-refractivity contribution in [1.29, 1.82) is 0 Å². The lowest BCUT2D eigenvalue weighted by Crippen LogP contribution is -2.12. The highest BCUT2D eigenvalue weighted by Crippen LogP contribution is 2.22. The standard InChI is InChI=1S/C18H13ClF2N2O2/c19-14-9-13(5-6-15(14)21)23-17(24)7-8-18-22-10-16(25-18)11-1-3-12(20)4-2-11/h1-6,9-10H,7-8H2,(H,23,24). The van der Waals surface area contributed by atoms with Crippen molar-refractivity contribution in [2.75, 3.05) is 5.32 Å². The molecule has 0 spiro atoms. The Morgan fingerprint density at radius 1 is 1.16 bits per heavy atom. The molecule has 25 heavy (non-hydrogen) atoms. The Morgan fingerprint density at radius 3 is 2.64 bits per heavy atom. The molecule has 128 valence electrons. The molecule has 1 aromatic heterocycles. The average molecular weight is 363 g/mol. The van der Waals surface area contributed by atoms with Crippen molar-refractivity contribution in [2.45, 2.75) is 12.8 Å². The fourth-order valence-corrected chi connectivity index (χ4v) is 2.37. The molecule has 0 saturated heterocycles. The molecule has 0 unspecified atom stereocenters. The summed E-state index contributed by atoms with van der Waals surface area (Å²) in [5.74, 6) is -0.259. The zero-order valence-corrected chi connectivity index (χ0v) is 13.7. The van der Waals surface area contributed by atoms with Crippen LogP contribution in [0.5, 0.6) is 0 Å². The van der Waals surface area contributed by atoms with E-state index in [-0.39, 0.29) is 23.2 Å². The van der Waals surface area contributed by atoms with Gasteiger partial charge in [-0.1, -0.05) is 11.6 Å². The summed E-state index contributed by atoms with van der Waals surface area (Å²) in [6.07, 6.45) is 1.96. The Hall–Kier alpha value is -2.73. The number of aromatic nitrogens is 1. The zero-order valence-electron chi connectivity index (χ0n) is 12.9. The van der Waals surface area contributed by atoms with E-state index in [0.29, 0.717) is 29.3 Å². The molecule has 0 atom stereocenters. The van der Waals surface area contributed by atoms with Gasteiger partial charge < -0.3 is 9.73 Å². The number of amides is 1. The molecule has 1 amide bonds. The minimum atomic E-state index is -0.548. The van der Waals surface area contributed by atoms with E-state index in [1.807, 2.05) is 0 Å². The molecule has 2 aromatic carbocycles.